The molecule has 0 saturated carbocycles. The van der Waals surface area contributed by atoms with E-state index in [-0.39, 0.29) is 6.04 Å². The molecular weight excluding hydrogens is 290 g/mol. The van der Waals surface area contributed by atoms with Crippen molar-refractivity contribution in [2.75, 3.05) is 11.9 Å². The van der Waals surface area contributed by atoms with Crippen molar-refractivity contribution in [2.24, 2.45) is 10.7 Å². The second kappa shape index (κ2) is 6.79. The van der Waals surface area contributed by atoms with Crippen LogP contribution >= 0.6 is 0 Å². The van der Waals surface area contributed by atoms with Crippen LogP contribution < -0.4 is 11.1 Å². The minimum atomic E-state index is 0.163. The van der Waals surface area contributed by atoms with Gasteiger partial charge in [0.2, 0.25) is 0 Å². The average Bonchev–Trinajstić information content (AvgIpc) is 3.00. The Morgan fingerprint density at radius 3 is 2.70 bits per heavy atom. The van der Waals surface area contributed by atoms with Crippen molar-refractivity contribution in [1.82, 2.24) is 4.98 Å². The molecule has 0 aliphatic carbocycles. The van der Waals surface area contributed by atoms with Crippen molar-refractivity contribution in [3.05, 3.63) is 53.7 Å². The van der Waals surface area contributed by atoms with Crippen LogP contribution in [0.2, 0.25) is 0 Å². The van der Waals surface area contributed by atoms with Crippen LogP contribution in [-0.4, -0.2) is 23.7 Å². The number of aromatic nitrogens is 1. The summed E-state index contributed by atoms with van der Waals surface area (Å²) < 4.78 is 5.15. The first-order chi connectivity index (χ1) is 11.2. The Hall–Kier alpha value is -3.07. The largest absolute Gasteiger partial charge is 0.463 e. The monoisotopic (exact) mass is 307 g/mol. The lowest BCUT2D eigenvalue weighted by molar-refractivity contribution is 0.308. The summed E-state index contributed by atoms with van der Waals surface area (Å²) in [7, 11) is 0. The lowest BCUT2D eigenvalue weighted by atomic mass is 10.1. The number of nitrogens with two attached hydrogens (primary N) is 1. The highest BCUT2D eigenvalue weighted by molar-refractivity contribution is 5.73. The fourth-order valence-electron chi connectivity index (χ4n) is 2.35. The normalized spacial score (nSPS) is 16.3. The Morgan fingerprint density at radius 1 is 1.26 bits per heavy atom. The van der Waals surface area contributed by atoms with E-state index in [0.717, 1.165) is 18.5 Å². The van der Waals surface area contributed by atoms with Crippen molar-refractivity contribution in [3.63, 3.8) is 0 Å². The maximum Gasteiger partial charge on any atom is 0.282 e. The topological polar surface area (TPSA) is 96.3 Å². The highest BCUT2D eigenvalue weighted by atomic mass is 16.5. The van der Waals surface area contributed by atoms with E-state index in [2.05, 4.69) is 27.4 Å². The zero-order chi connectivity index (χ0) is 16.1. The average molecular weight is 307 g/mol. The molecule has 1 atom stereocenters. The number of aliphatic imine (C=N–C) groups is 1. The Kier molecular flexibility index (Phi) is 4.39. The second-order valence-electron chi connectivity index (χ2n) is 5.34. The molecule has 1 aromatic heterocycles. The SMILES string of the molecule is N#Cc1ccc(Nc2ccc(CCC3COC(N)=N3)cc2)nc1. The van der Waals surface area contributed by atoms with Crippen LogP contribution in [0.5, 0.6) is 0 Å². The summed E-state index contributed by atoms with van der Waals surface area (Å²) in [6.45, 7) is 0.579. The molecule has 0 amide bonds. The van der Waals surface area contributed by atoms with Gasteiger partial charge in [0.25, 0.3) is 6.02 Å². The van der Waals surface area contributed by atoms with Crippen LogP contribution in [0.1, 0.15) is 17.5 Å². The smallest absolute Gasteiger partial charge is 0.282 e. The van der Waals surface area contributed by atoms with E-state index in [1.807, 2.05) is 18.2 Å². The van der Waals surface area contributed by atoms with Gasteiger partial charge in [-0.05, 0) is 42.7 Å². The zero-order valence-corrected chi connectivity index (χ0v) is 12.6. The summed E-state index contributed by atoms with van der Waals surface area (Å²) in [6, 6.07) is 14.2. The predicted octanol–water partition coefficient (Wildman–Crippen LogP) is 2.34. The third kappa shape index (κ3) is 3.98. The molecule has 0 radical (unpaired) electrons. The third-order valence-corrected chi connectivity index (χ3v) is 3.62. The summed E-state index contributed by atoms with van der Waals surface area (Å²) in [5.74, 6) is 0.713. The van der Waals surface area contributed by atoms with Gasteiger partial charge in [0.05, 0.1) is 11.6 Å². The fraction of sp³-hybridized carbons (Fsp3) is 0.235. The van der Waals surface area contributed by atoms with Gasteiger partial charge in [-0.2, -0.15) is 5.26 Å². The van der Waals surface area contributed by atoms with Crippen LogP contribution in [0, 0.1) is 11.3 Å². The third-order valence-electron chi connectivity index (χ3n) is 3.62. The molecular formula is C17H17N5O. The van der Waals surface area contributed by atoms with E-state index in [9.17, 15) is 0 Å². The molecule has 2 heterocycles. The van der Waals surface area contributed by atoms with Crippen molar-refractivity contribution in [3.8, 4) is 6.07 Å². The first-order valence-electron chi connectivity index (χ1n) is 7.41. The number of nitriles is 1. The summed E-state index contributed by atoms with van der Waals surface area (Å²) in [5.41, 5.74) is 8.24. The van der Waals surface area contributed by atoms with Crippen molar-refractivity contribution < 1.29 is 4.74 Å². The van der Waals surface area contributed by atoms with Gasteiger partial charge in [-0.25, -0.2) is 9.98 Å². The molecule has 6 nitrogen and oxygen atoms in total. The molecule has 0 bridgehead atoms. The van der Waals surface area contributed by atoms with E-state index >= 15 is 0 Å². The highest BCUT2D eigenvalue weighted by Crippen LogP contribution is 2.17. The van der Waals surface area contributed by atoms with Gasteiger partial charge in [-0.15, -0.1) is 0 Å². The summed E-state index contributed by atoms with van der Waals surface area (Å²) >= 11 is 0. The number of pyridine rings is 1. The number of rotatable bonds is 5. The van der Waals surface area contributed by atoms with Crippen LogP contribution in [-0.2, 0) is 11.2 Å². The summed E-state index contributed by atoms with van der Waals surface area (Å²) in [5, 5.41) is 12.0. The second-order valence-corrected chi connectivity index (χ2v) is 5.34. The standard InChI is InChI=1S/C17H17N5O/c18-9-13-4-8-16(20-10-13)21-14-5-1-12(2-6-14)3-7-15-11-23-17(19)22-15/h1-2,4-6,8,10,15H,3,7,11H2,(H2,19,22)(H,20,21). The molecule has 6 heteroatoms. The van der Waals surface area contributed by atoms with Crippen LogP contribution in [0.15, 0.2) is 47.6 Å². The van der Waals surface area contributed by atoms with Crippen molar-refractivity contribution >= 4 is 17.5 Å². The quantitative estimate of drug-likeness (QED) is 0.883. The lowest BCUT2D eigenvalue weighted by Crippen LogP contribution is -2.10. The minimum absolute atomic E-state index is 0.163. The predicted molar refractivity (Wildman–Crippen MR) is 88.4 cm³/mol. The molecule has 23 heavy (non-hydrogen) atoms. The molecule has 2 aromatic rings. The first kappa shape index (κ1) is 14.9. The van der Waals surface area contributed by atoms with Crippen molar-refractivity contribution in [1.29, 1.82) is 5.26 Å². The van der Waals surface area contributed by atoms with E-state index in [4.69, 9.17) is 15.7 Å². The Balaban J connectivity index is 1.55. The highest BCUT2D eigenvalue weighted by Gasteiger charge is 2.16. The number of hydrogen-bond donors (Lipinski definition) is 2. The maximum atomic E-state index is 8.76. The van der Waals surface area contributed by atoms with Crippen LogP contribution in [0.3, 0.4) is 0 Å². The summed E-state index contributed by atoms with van der Waals surface area (Å²) in [4.78, 5) is 8.41. The maximum absolute atomic E-state index is 8.76. The van der Waals surface area contributed by atoms with Gasteiger partial charge < -0.3 is 15.8 Å². The van der Waals surface area contributed by atoms with Gasteiger partial charge in [-0.3, -0.25) is 0 Å². The number of amidine groups is 1. The molecule has 116 valence electrons. The van der Waals surface area contributed by atoms with Crippen LogP contribution in [0.4, 0.5) is 11.5 Å². The number of benzene rings is 1. The summed E-state index contributed by atoms with van der Waals surface area (Å²) in [6.07, 6.45) is 3.40. The van der Waals surface area contributed by atoms with E-state index < -0.39 is 0 Å². The minimum Gasteiger partial charge on any atom is -0.463 e. The van der Waals surface area contributed by atoms with E-state index in [1.165, 1.54) is 5.56 Å². The number of anilines is 2. The number of nitrogens with one attached hydrogen (secondary N) is 1. The molecule has 3 N–H and O–H groups in total. The van der Waals surface area contributed by atoms with Gasteiger partial charge in [0.15, 0.2) is 0 Å². The molecule has 0 saturated heterocycles. The van der Waals surface area contributed by atoms with Crippen LogP contribution in [0.25, 0.3) is 0 Å². The molecule has 0 fully saturated rings. The molecule has 1 aliphatic rings. The molecule has 1 aromatic carbocycles. The molecule has 3 rings (SSSR count). The first-order valence-corrected chi connectivity index (χ1v) is 7.41. The van der Waals surface area contributed by atoms with Gasteiger partial charge >= 0.3 is 0 Å². The Bertz CT molecular complexity index is 731. The Morgan fingerprint density at radius 2 is 2.09 bits per heavy atom. The number of nitrogens with zero attached hydrogens (tertiary/aromatic N) is 3. The fourth-order valence-corrected chi connectivity index (χ4v) is 2.35. The van der Waals surface area contributed by atoms with E-state index in [0.29, 0.717) is 24.0 Å². The number of hydrogen-bond acceptors (Lipinski definition) is 6. The van der Waals surface area contributed by atoms with Gasteiger partial charge in [-0.1, -0.05) is 12.1 Å². The van der Waals surface area contributed by atoms with Gasteiger partial charge in [0.1, 0.15) is 18.5 Å². The number of ether oxygens (including phenoxy) is 1. The molecule has 1 unspecified atom stereocenters. The Labute approximate surface area is 134 Å². The van der Waals surface area contributed by atoms with E-state index in [1.54, 1.807) is 18.3 Å². The van der Waals surface area contributed by atoms with Crippen molar-refractivity contribution in [2.45, 2.75) is 18.9 Å². The number of aryl methyl sites for hydroxylation is 1. The molecule has 0 spiro atoms. The van der Waals surface area contributed by atoms with Gasteiger partial charge in [0, 0.05) is 11.9 Å². The lowest BCUT2D eigenvalue weighted by Gasteiger charge is -2.08. The molecule has 1 aliphatic heterocycles. The zero-order valence-electron chi connectivity index (χ0n) is 12.6.